The lowest BCUT2D eigenvalue weighted by Crippen LogP contribution is -2.42. The van der Waals surface area contributed by atoms with Crippen molar-refractivity contribution in [2.45, 2.75) is 38.1 Å². The second-order valence-electron chi connectivity index (χ2n) is 7.13. The van der Waals surface area contributed by atoms with Gasteiger partial charge >= 0.3 is 12.1 Å². The van der Waals surface area contributed by atoms with E-state index in [2.05, 4.69) is 20.8 Å². The van der Waals surface area contributed by atoms with Crippen molar-refractivity contribution in [1.29, 1.82) is 0 Å². The minimum Gasteiger partial charge on any atom is -0.467 e. The van der Waals surface area contributed by atoms with Crippen LogP contribution in [0.25, 0.3) is 0 Å². The van der Waals surface area contributed by atoms with E-state index in [0.29, 0.717) is 0 Å². The van der Waals surface area contributed by atoms with Crippen LogP contribution in [0, 0.1) is 0 Å². The van der Waals surface area contributed by atoms with Crippen LogP contribution in [0.4, 0.5) is 4.79 Å². The highest BCUT2D eigenvalue weighted by Crippen LogP contribution is 2.21. The smallest absolute Gasteiger partial charge is 0.407 e. The van der Waals surface area contributed by atoms with E-state index in [1.54, 1.807) is 6.92 Å². The highest BCUT2D eigenvalue weighted by molar-refractivity contribution is 5.73. The average molecular weight is 439 g/mol. The van der Waals surface area contributed by atoms with Crippen LogP contribution in [0.2, 0.25) is 0 Å². The zero-order valence-electron chi connectivity index (χ0n) is 17.8. The van der Waals surface area contributed by atoms with Gasteiger partial charge in [0.25, 0.3) is 0 Å². The van der Waals surface area contributed by atoms with E-state index in [0.717, 1.165) is 11.1 Å². The van der Waals surface area contributed by atoms with Gasteiger partial charge in [-0.15, -0.1) is 5.10 Å². The summed E-state index contributed by atoms with van der Waals surface area (Å²) in [5, 5.41) is 25.0. The van der Waals surface area contributed by atoms with Crippen LogP contribution in [0.3, 0.4) is 0 Å². The van der Waals surface area contributed by atoms with Crippen molar-refractivity contribution in [3.05, 3.63) is 77.6 Å². The molecule has 0 spiro atoms. The summed E-state index contributed by atoms with van der Waals surface area (Å²) in [6, 6.07) is 16.9. The summed E-state index contributed by atoms with van der Waals surface area (Å²) in [4.78, 5) is 24.4. The molecule has 0 unspecified atom stereocenters. The summed E-state index contributed by atoms with van der Waals surface area (Å²) >= 11 is 0. The molecular formula is C22H25N5O5. The van der Waals surface area contributed by atoms with E-state index in [4.69, 9.17) is 9.47 Å². The fourth-order valence-corrected chi connectivity index (χ4v) is 3.15. The Morgan fingerprint density at radius 1 is 1.06 bits per heavy atom. The van der Waals surface area contributed by atoms with Gasteiger partial charge in [0.1, 0.15) is 12.7 Å². The van der Waals surface area contributed by atoms with Crippen molar-refractivity contribution in [3.8, 4) is 0 Å². The monoisotopic (exact) mass is 439 g/mol. The molecule has 0 aliphatic heterocycles. The van der Waals surface area contributed by atoms with E-state index < -0.39 is 30.3 Å². The van der Waals surface area contributed by atoms with Gasteiger partial charge in [0.2, 0.25) is 0 Å². The molecule has 0 fully saturated rings. The molecule has 2 N–H and O–H groups in total. The Hall–Kier alpha value is -3.79. The van der Waals surface area contributed by atoms with E-state index in [1.165, 1.54) is 11.8 Å². The average Bonchev–Trinajstić information content (AvgIpc) is 3.32. The zero-order chi connectivity index (χ0) is 22.9. The molecule has 0 saturated heterocycles. The van der Waals surface area contributed by atoms with Crippen LogP contribution in [0.1, 0.15) is 36.0 Å². The third kappa shape index (κ3) is 5.88. The Labute approximate surface area is 185 Å². The Balaban J connectivity index is 1.77. The number of methoxy groups -OCH3 is 1. The molecule has 1 amide bonds. The van der Waals surface area contributed by atoms with Crippen molar-refractivity contribution < 1.29 is 24.2 Å². The number of tetrazole rings is 1. The van der Waals surface area contributed by atoms with Crippen molar-refractivity contribution in [2.75, 3.05) is 7.11 Å². The first-order valence-electron chi connectivity index (χ1n) is 10.0. The lowest BCUT2D eigenvalue weighted by Gasteiger charge is -2.24. The molecular weight excluding hydrogens is 414 g/mol. The lowest BCUT2D eigenvalue weighted by atomic mass is 10.0. The van der Waals surface area contributed by atoms with E-state index >= 15 is 0 Å². The van der Waals surface area contributed by atoms with Gasteiger partial charge in [-0.05, 0) is 34.9 Å². The number of aliphatic hydroxyl groups excluding tert-OH is 1. The SMILES string of the molecule is COC(=O)[C@H](C)n1nnnc1[C@H](O)[C@H](Cc1ccccc1)NC(=O)OCc1ccccc1. The van der Waals surface area contributed by atoms with E-state index in [-0.39, 0.29) is 18.9 Å². The molecule has 10 nitrogen and oxygen atoms in total. The number of benzene rings is 2. The maximum atomic E-state index is 12.5. The number of carbonyl (C=O) groups is 2. The number of nitrogens with zero attached hydrogens (tertiary/aromatic N) is 4. The minimum absolute atomic E-state index is 0.0205. The number of hydrogen-bond donors (Lipinski definition) is 2. The number of esters is 1. The van der Waals surface area contributed by atoms with Crippen molar-refractivity contribution in [1.82, 2.24) is 25.5 Å². The number of nitrogens with one attached hydrogen (secondary N) is 1. The molecule has 168 valence electrons. The van der Waals surface area contributed by atoms with Crippen LogP contribution in [-0.4, -0.2) is 50.5 Å². The molecule has 0 saturated carbocycles. The predicted molar refractivity (Wildman–Crippen MR) is 113 cm³/mol. The minimum atomic E-state index is -1.32. The van der Waals surface area contributed by atoms with Gasteiger partial charge in [-0.2, -0.15) is 0 Å². The molecule has 2 aromatic carbocycles. The summed E-state index contributed by atoms with van der Waals surface area (Å²) in [6.07, 6.45) is -1.74. The summed E-state index contributed by atoms with van der Waals surface area (Å²) in [6.45, 7) is 1.63. The molecule has 1 aromatic heterocycles. The van der Waals surface area contributed by atoms with Crippen molar-refractivity contribution in [3.63, 3.8) is 0 Å². The second kappa shape index (κ2) is 11.0. The highest BCUT2D eigenvalue weighted by atomic mass is 16.5. The quantitative estimate of drug-likeness (QED) is 0.484. The maximum Gasteiger partial charge on any atom is 0.407 e. The third-order valence-corrected chi connectivity index (χ3v) is 4.89. The number of amides is 1. The molecule has 1 heterocycles. The number of carbonyl (C=O) groups excluding carboxylic acids is 2. The summed E-state index contributed by atoms with van der Waals surface area (Å²) < 4.78 is 11.2. The summed E-state index contributed by atoms with van der Waals surface area (Å²) in [5.41, 5.74) is 1.71. The van der Waals surface area contributed by atoms with E-state index in [9.17, 15) is 14.7 Å². The first kappa shape index (κ1) is 22.9. The van der Waals surface area contributed by atoms with Gasteiger partial charge in [-0.25, -0.2) is 14.3 Å². The topological polar surface area (TPSA) is 128 Å². The molecule has 3 aromatic rings. The van der Waals surface area contributed by atoms with Crippen LogP contribution >= 0.6 is 0 Å². The van der Waals surface area contributed by atoms with Crippen LogP contribution in [0.5, 0.6) is 0 Å². The third-order valence-electron chi connectivity index (χ3n) is 4.89. The molecule has 0 bridgehead atoms. The normalized spacial score (nSPS) is 13.6. The highest BCUT2D eigenvalue weighted by Gasteiger charge is 2.31. The largest absolute Gasteiger partial charge is 0.467 e. The zero-order valence-corrected chi connectivity index (χ0v) is 17.8. The molecule has 0 aliphatic carbocycles. The maximum absolute atomic E-state index is 12.5. The second-order valence-corrected chi connectivity index (χ2v) is 7.13. The number of rotatable bonds is 9. The predicted octanol–water partition coefficient (Wildman–Crippen LogP) is 1.98. The Bertz CT molecular complexity index is 1010. The van der Waals surface area contributed by atoms with Gasteiger partial charge < -0.3 is 19.9 Å². The van der Waals surface area contributed by atoms with Gasteiger partial charge in [0.15, 0.2) is 11.9 Å². The number of hydrogen-bond acceptors (Lipinski definition) is 8. The fraction of sp³-hybridized carbons (Fsp3) is 0.318. The molecule has 0 aliphatic rings. The number of ether oxygens (including phenoxy) is 2. The molecule has 3 atom stereocenters. The molecule has 10 heteroatoms. The first-order valence-corrected chi connectivity index (χ1v) is 10.0. The van der Waals surface area contributed by atoms with Gasteiger partial charge in [0.05, 0.1) is 13.2 Å². The Kier molecular flexibility index (Phi) is 7.87. The molecule has 32 heavy (non-hydrogen) atoms. The van der Waals surface area contributed by atoms with E-state index in [1.807, 2.05) is 60.7 Å². The number of aromatic nitrogens is 4. The summed E-state index contributed by atoms with van der Waals surface area (Å²) in [5.74, 6) is -0.548. The van der Waals surface area contributed by atoms with Gasteiger partial charge in [-0.3, -0.25) is 0 Å². The standard InChI is InChI=1S/C22H25N5O5/c1-15(21(29)31-2)27-20(24-25-26-27)19(28)18(13-16-9-5-3-6-10-16)23-22(30)32-14-17-11-7-4-8-12-17/h3-12,15,18-19,28H,13-14H2,1-2H3,(H,23,30)/t15-,18-,19+/m0/s1. The number of alkyl carbamates (subject to hydrolysis) is 1. The molecule has 3 rings (SSSR count). The lowest BCUT2D eigenvalue weighted by molar-refractivity contribution is -0.144. The van der Waals surface area contributed by atoms with Gasteiger partial charge in [0, 0.05) is 0 Å². The number of aliphatic hydroxyl groups is 1. The van der Waals surface area contributed by atoms with Crippen molar-refractivity contribution >= 4 is 12.1 Å². The molecule has 0 radical (unpaired) electrons. The first-order chi connectivity index (χ1) is 15.5. The van der Waals surface area contributed by atoms with Crippen LogP contribution < -0.4 is 5.32 Å². The fourth-order valence-electron chi connectivity index (χ4n) is 3.15. The van der Waals surface area contributed by atoms with Crippen molar-refractivity contribution in [2.24, 2.45) is 0 Å². The van der Waals surface area contributed by atoms with Crippen LogP contribution in [-0.2, 0) is 27.3 Å². The Morgan fingerprint density at radius 2 is 1.69 bits per heavy atom. The van der Waals surface area contributed by atoms with Gasteiger partial charge in [-0.1, -0.05) is 60.7 Å². The van der Waals surface area contributed by atoms with Crippen LogP contribution in [0.15, 0.2) is 60.7 Å². The Morgan fingerprint density at radius 3 is 2.31 bits per heavy atom. The summed E-state index contributed by atoms with van der Waals surface area (Å²) in [7, 11) is 1.25.